The van der Waals surface area contributed by atoms with Gasteiger partial charge in [0.2, 0.25) is 0 Å². The van der Waals surface area contributed by atoms with Gasteiger partial charge in [0, 0.05) is 49.1 Å². The Hall–Kier alpha value is -2.82. The zero-order valence-corrected chi connectivity index (χ0v) is 20.7. The molecule has 3 atom stereocenters. The molecular formula is C25H31N7O2S. The number of carbonyl (C=O) groups is 1. The molecule has 0 radical (unpaired) electrons. The third kappa shape index (κ3) is 4.03. The molecule has 0 aromatic carbocycles. The lowest BCUT2D eigenvalue weighted by molar-refractivity contribution is -0.00345. The van der Waals surface area contributed by atoms with Crippen LogP contribution in [0.1, 0.15) is 46.0 Å². The fraction of sp³-hybridized carbons (Fsp3) is 0.520. The minimum Gasteiger partial charge on any atom is -0.397 e. The van der Waals surface area contributed by atoms with Gasteiger partial charge in [-0.25, -0.2) is 15.0 Å². The predicted molar refractivity (Wildman–Crippen MR) is 137 cm³/mol. The van der Waals surface area contributed by atoms with Crippen LogP contribution in [0.3, 0.4) is 0 Å². The van der Waals surface area contributed by atoms with Crippen molar-refractivity contribution >= 4 is 39.0 Å². The zero-order valence-electron chi connectivity index (χ0n) is 19.9. The maximum atomic E-state index is 13.0. The van der Waals surface area contributed by atoms with Crippen molar-refractivity contribution in [1.29, 1.82) is 0 Å². The Bertz CT molecular complexity index is 1290. The van der Waals surface area contributed by atoms with Crippen molar-refractivity contribution in [3.05, 3.63) is 40.3 Å². The molecule has 9 nitrogen and oxygen atoms in total. The van der Waals surface area contributed by atoms with Gasteiger partial charge in [0.05, 0.1) is 17.7 Å². The normalized spacial score (nSPS) is 26.3. The average molecular weight is 494 g/mol. The summed E-state index contributed by atoms with van der Waals surface area (Å²) in [5, 5.41) is 3.92. The Balaban J connectivity index is 1.14. The Morgan fingerprint density at radius 3 is 3.06 bits per heavy atom. The van der Waals surface area contributed by atoms with Crippen LogP contribution in [-0.2, 0) is 17.6 Å². The smallest absolute Gasteiger partial charge is 0.263 e. The summed E-state index contributed by atoms with van der Waals surface area (Å²) in [6, 6.07) is 4.42. The molecule has 2 aliphatic heterocycles. The van der Waals surface area contributed by atoms with Gasteiger partial charge in [0.25, 0.3) is 5.91 Å². The van der Waals surface area contributed by atoms with Crippen LogP contribution in [0.15, 0.2) is 18.3 Å². The first-order chi connectivity index (χ1) is 16.9. The third-order valence-corrected chi connectivity index (χ3v) is 8.90. The molecule has 3 unspecified atom stereocenters. The van der Waals surface area contributed by atoms with Crippen molar-refractivity contribution in [2.75, 3.05) is 36.9 Å². The highest BCUT2D eigenvalue weighted by molar-refractivity contribution is 7.21. The largest absolute Gasteiger partial charge is 0.397 e. The molecule has 1 aliphatic carbocycles. The SMILES string of the molecule is Cc1ncc2c(N)c(C(=O)NC3CCc4nc(N5CC(N)C6(CCCOC6)C5)ccc4C3)sc2n1. The number of thiophene rings is 1. The highest BCUT2D eigenvalue weighted by Crippen LogP contribution is 2.39. The molecule has 1 spiro atoms. The number of hydrogen-bond donors (Lipinski definition) is 3. The highest BCUT2D eigenvalue weighted by Gasteiger charge is 2.46. The summed E-state index contributed by atoms with van der Waals surface area (Å²) in [6.45, 7) is 5.13. The van der Waals surface area contributed by atoms with Gasteiger partial charge in [-0.3, -0.25) is 4.79 Å². The summed E-state index contributed by atoms with van der Waals surface area (Å²) in [5.74, 6) is 1.52. The van der Waals surface area contributed by atoms with Crippen molar-refractivity contribution in [3.63, 3.8) is 0 Å². The number of hydrogen-bond acceptors (Lipinski definition) is 9. The van der Waals surface area contributed by atoms with Crippen LogP contribution in [0.25, 0.3) is 10.2 Å². The first-order valence-electron chi connectivity index (χ1n) is 12.3. The fourth-order valence-corrected chi connectivity index (χ4v) is 6.78. The van der Waals surface area contributed by atoms with Crippen LogP contribution in [0.4, 0.5) is 11.5 Å². The summed E-state index contributed by atoms with van der Waals surface area (Å²) >= 11 is 1.32. The molecule has 5 heterocycles. The second kappa shape index (κ2) is 8.69. The van der Waals surface area contributed by atoms with Gasteiger partial charge < -0.3 is 26.4 Å². The van der Waals surface area contributed by atoms with Crippen LogP contribution in [0, 0.1) is 12.3 Å². The zero-order chi connectivity index (χ0) is 24.2. The van der Waals surface area contributed by atoms with E-state index in [1.165, 1.54) is 16.9 Å². The quantitative estimate of drug-likeness (QED) is 0.506. The number of ether oxygens (including phenoxy) is 1. The molecule has 0 saturated carbocycles. The molecule has 10 heteroatoms. The van der Waals surface area contributed by atoms with E-state index in [-0.39, 0.29) is 23.4 Å². The Morgan fingerprint density at radius 1 is 1.34 bits per heavy atom. The number of nitrogens with two attached hydrogens (primary N) is 2. The molecule has 2 saturated heterocycles. The Labute approximate surface area is 208 Å². The number of amides is 1. The van der Waals surface area contributed by atoms with Gasteiger partial charge in [0.15, 0.2) is 0 Å². The van der Waals surface area contributed by atoms with Gasteiger partial charge in [-0.2, -0.15) is 0 Å². The van der Waals surface area contributed by atoms with Crippen LogP contribution < -0.4 is 21.7 Å². The maximum Gasteiger partial charge on any atom is 0.263 e. The minimum absolute atomic E-state index is 0.0444. The van der Waals surface area contributed by atoms with E-state index in [9.17, 15) is 4.79 Å². The van der Waals surface area contributed by atoms with Crippen molar-refractivity contribution in [2.45, 2.75) is 51.1 Å². The number of aryl methyl sites for hydroxylation is 2. The van der Waals surface area contributed by atoms with E-state index < -0.39 is 0 Å². The molecule has 3 aromatic rings. The van der Waals surface area contributed by atoms with E-state index in [4.69, 9.17) is 21.2 Å². The lowest BCUT2D eigenvalue weighted by Gasteiger charge is -2.36. The van der Waals surface area contributed by atoms with Crippen LogP contribution in [0.2, 0.25) is 0 Å². The van der Waals surface area contributed by atoms with Gasteiger partial charge >= 0.3 is 0 Å². The maximum absolute atomic E-state index is 13.0. The lowest BCUT2D eigenvalue weighted by Crippen LogP contribution is -2.46. The third-order valence-electron chi connectivity index (χ3n) is 7.79. The Morgan fingerprint density at radius 2 is 2.23 bits per heavy atom. The van der Waals surface area contributed by atoms with E-state index in [1.54, 1.807) is 6.20 Å². The molecular weight excluding hydrogens is 462 g/mol. The molecule has 0 bridgehead atoms. The van der Waals surface area contributed by atoms with E-state index in [1.807, 2.05) is 6.92 Å². The number of carbonyl (C=O) groups excluding carboxylic acids is 1. The van der Waals surface area contributed by atoms with E-state index >= 15 is 0 Å². The molecule has 3 aliphatic rings. The number of aromatic nitrogens is 3. The summed E-state index contributed by atoms with van der Waals surface area (Å²) in [7, 11) is 0. The topological polar surface area (TPSA) is 132 Å². The molecule has 184 valence electrons. The summed E-state index contributed by atoms with van der Waals surface area (Å²) < 4.78 is 5.78. The summed E-state index contributed by atoms with van der Waals surface area (Å²) in [4.78, 5) is 30.2. The monoisotopic (exact) mass is 493 g/mol. The van der Waals surface area contributed by atoms with Gasteiger partial charge in [-0.05, 0) is 50.7 Å². The van der Waals surface area contributed by atoms with Gasteiger partial charge in [-0.15, -0.1) is 11.3 Å². The number of fused-ring (bicyclic) bond motifs is 2. The van der Waals surface area contributed by atoms with Gasteiger partial charge in [-0.1, -0.05) is 6.07 Å². The van der Waals surface area contributed by atoms with E-state index in [0.717, 1.165) is 80.1 Å². The molecule has 3 aromatic heterocycles. The van der Waals surface area contributed by atoms with Crippen LogP contribution in [0.5, 0.6) is 0 Å². The molecule has 2 fully saturated rings. The van der Waals surface area contributed by atoms with Gasteiger partial charge in [0.1, 0.15) is 21.3 Å². The van der Waals surface area contributed by atoms with Crippen molar-refractivity contribution < 1.29 is 9.53 Å². The number of anilines is 2. The molecule has 6 rings (SSSR count). The number of nitrogens with zero attached hydrogens (tertiary/aromatic N) is 4. The number of pyridine rings is 1. The molecule has 5 N–H and O–H groups in total. The second-order valence-electron chi connectivity index (χ2n) is 10.2. The predicted octanol–water partition coefficient (Wildman–Crippen LogP) is 2.21. The van der Waals surface area contributed by atoms with E-state index in [2.05, 4.69) is 32.3 Å². The fourth-order valence-electron chi connectivity index (χ4n) is 5.76. The van der Waals surface area contributed by atoms with E-state index in [0.29, 0.717) is 16.4 Å². The average Bonchev–Trinajstić information content (AvgIpc) is 3.35. The minimum atomic E-state index is -0.146. The van der Waals surface area contributed by atoms with Crippen LogP contribution in [-0.4, -0.2) is 59.2 Å². The standard InChI is InChI=1S/C25H31N7O2S/c1-14-28-10-17-21(27)22(35-24(17)29-14)23(33)30-16-4-5-18-15(9-16)3-6-20(31-18)32-11-19(26)25(12-32)7-2-8-34-13-25/h3,6,10,16,19H,2,4-5,7-9,11-13,26-27H2,1H3,(H,30,33). The lowest BCUT2D eigenvalue weighted by atomic mass is 9.79. The van der Waals surface area contributed by atoms with Crippen molar-refractivity contribution in [1.82, 2.24) is 20.3 Å². The summed E-state index contributed by atoms with van der Waals surface area (Å²) in [5.41, 5.74) is 15.6. The second-order valence-corrected chi connectivity index (χ2v) is 11.2. The van der Waals surface area contributed by atoms with Crippen molar-refractivity contribution in [3.8, 4) is 0 Å². The Kier molecular flexibility index (Phi) is 5.62. The highest BCUT2D eigenvalue weighted by atomic mass is 32.1. The number of nitrogen functional groups attached to an aromatic ring is 1. The van der Waals surface area contributed by atoms with Crippen molar-refractivity contribution in [2.24, 2.45) is 11.1 Å². The summed E-state index contributed by atoms with van der Waals surface area (Å²) in [6.07, 6.45) is 6.32. The number of rotatable bonds is 3. The first kappa shape index (κ1) is 22.6. The molecule has 35 heavy (non-hydrogen) atoms. The number of nitrogens with one attached hydrogen (secondary N) is 1. The first-order valence-corrected chi connectivity index (χ1v) is 13.1. The molecule has 1 amide bonds. The van der Waals surface area contributed by atoms with Crippen LogP contribution >= 0.6 is 11.3 Å².